The van der Waals surface area contributed by atoms with Gasteiger partial charge in [0.05, 0.1) is 0 Å². The summed E-state index contributed by atoms with van der Waals surface area (Å²) in [5.74, 6) is 1.38. The lowest BCUT2D eigenvalue weighted by Gasteiger charge is -2.11. The SMILES string of the molecule is Cc1cccc(CCNc2nc3nonc3nc2NC2CC2)n1. The van der Waals surface area contributed by atoms with Gasteiger partial charge < -0.3 is 10.6 Å². The molecule has 0 atom stereocenters. The van der Waals surface area contributed by atoms with Crippen LogP contribution >= 0.6 is 0 Å². The fourth-order valence-electron chi connectivity index (χ4n) is 2.33. The molecule has 0 aliphatic heterocycles. The van der Waals surface area contributed by atoms with Crippen molar-refractivity contribution in [1.82, 2.24) is 25.3 Å². The van der Waals surface area contributed by atoms with E-state index in [2.05, 4.69) is 35.9 Å². The first-order valence-electron chi connectivity index (χ1n) is 7.71. The highest BCUT2D eigenvalue weighted by molar-refractivity contribution is 5.73. The molecule has 0 bridgehead atoms. The summed E-state index contributed by atoms with van der Waals surface area (Å²) < 4.78 is 4.69. The molecule has 3 aromatic heterocycles. The molecule has 2 N–H and O–H groups in total. The van der Waals surface area contributed by atoms with Crippen molar-refractivity contribution in [2.75, 3.05) is 17.2 Å². The number of rotatable bonds is 6. The molecule has 4 rings (SSSR count). The topological polar surface area (TPSA) is 102 Å². The maximum absolute atomic E-state index is 4.69. The van der Waals surface area contributed by atoms with Gasteiger partial charge >= 0.3 is 0 Å². The fourth-order valence-corrected chi connectivity index (χ4v) is 2.33. The van der Waals surface area contributed by atoms with Crippen LogP contribution in [0.3, 0.4) is 0 Å². The molecule has 0 aromatic carbocycles. The van der Waals surface area contributed by atoms with Gasteiger partial charge in [-0.05, 0) is 42.2 Å². The molecule has 23 heavy (non-hydrogen) atoms. The van der Waals surface area contributed by atoms with E-state index in [1.165, 1.54) is 0 Å². The molecule has 118 valence electrons. The predicted molar refractivity (Wildman–Crippen MR) is 85.2 cm³/mol. The highest BCUT2D eigenvalue weighted by Gasteiger charge is 2.24. The average molecular weight is 311 g/mol. The van der Waals surface area contributed by atoms with E-state index in [0.717, 1.165) is 30.7 Å². The van der Waals surface area contributed by atoms with E-state index in [-0.39, 0.29) is 0 Å². The summed E-state index contributed by atoms with van der Waals surface area (Å²) in [5, 5.41) is 14.2. The van der Waals surface area contributed by atoms with Crippen LogP contribution in [0.15, 0.2) is 22.8 Å². The Balaban J connectivity index is 1.50. The van der Waals surface area contributed by atoms with Gasteiger partial charge in [-0.25, -0.2) is 14.6 Å². The second kappa shape index (κ2) is 5.79. The monoisotopic (exact) mass is 311 g/mol. The molecular weight excluding hydrogens is 294 g/mol. The first-order chi connectivity index (χ1) is 11.3. The third-order valence-electron chi connectivity index (χ3n) is 3.65. The van der Waals surface area contributed by atoms with Gasteiger partial charge in [0.1, 0.15) is 0 Å². The Bertz CT molecular complexity index is 828. The van der Waals surface area contributed by atoms with E-state index in [4.69, 9.17) is 4.63 Å². The number of fused-ring (bicyclic) bond motifs is 1. The van der Waals surface area contributed by atoms with E-state index in [1.807, 2.05) is 25.1 Å². The summed E-state index contributed by atoms with van der Waals surface area (Å²) >= 11 is 0. The first-order valence-corrected chi connectivity index (χ1v) is 7.71. The van der Waals surface area contributed by atoms with Crippen LogP contribution in [-0.4, -0.2) is 37.9 Å². The average Bonchev–Trinajstić information content (AvgIpc) is 3.23. The Labute approximate surface area is 132 Å². The van der Waals surface area contributed by atoms with Crippen LogP contribution in [0, 0.1) is 6.92 Å². The minimum Gasteiger partial charge on any atom is -0.367 e. The summed E-state index contributed by atoms with van der Waals surface area (Å²) in [7, 11) is 0. The van der Waals surface area contributed by atoms with Crippen LogP contribution in [-0.2, 0) is 6.42 Å². The molecule has 0 amide bonds. The second-order valence-corrected chi connectivity index (χ2v) is 5.70. The van der Waals surface area contributed by atoms with Crippen molar-refractivity contribution in [2.24, 2.45) is 0 Å². The van der Waals surface area contributed by atoms with E-state index < -0.39 is 0 Å². The van der Waals surface area contributed by atoms with Crippen molar-refractivity contribution in [3.8, 4) is 0 Å². The number of nitrogens with one attached hydrogen (secondary N) is 2. The predicted octanol–water partition coefficient (Wildman–Crippen LogP) is 1.95. The summed E-state index contributed by atoms with van der Waals surface area (Å²) in [6.45, 7) is 2.70. The van der Waals surface area contributed by atoms with Gasteiger partial charge in [0.25, 0.3) is 0 Å². The number of anilines is 2. The zero-order valence-electron chi connectivity index (χ0n) is 12.8. The molecule has 3 heterocycles. The van der Waals surface area contributed by atoms with Gasteiger partial charge in [-0.2, -0.15) is 0 Å². The number of pyridine rings is 1. The molecule has 0 unspecified atom stereocenters. The zero-order chi connectivity index (χ0) is 15.6. The van der Waals surface area contributed by atoms with Crippen LogP contribution in [0.25, 0.3) is 11.3 Å². The quantitative estimate of drug-likeness (QED) is 0.712. The lowest BCUT2D eigenvalue weighted by molar-refractivity contribution is 0.314. The maximum Gasteiger partial charge on any atom is 0.245 e. The number of hydrogen-bond acceptors (Lipinski definition) is 8. The summed E-state index contributed by atoms with van der Waals surface area (Å²) in [4.78, 5) is 13.4. The third kappa shape index (κ3) is 3.20. The van der Waals surface area contributed by atoms with Crippen molar-refractivity contribution in [2.45, 2.75) is 32.2 Å². The standard InChI is InChI=1S/C15H17N7O/c1-9-3-2-4-10(17-9)7-8-16-12-13(18-11-5-6-11)20-15-14(19-12)21-23-22-15/h2-4,11H,5-8H2,1H3,(H,16,19,21)(H,18,20,22). The summed E-state index contributed by atoms with van der Waals surface area (Å²) in [5.41, 5.74) is 2.89. The van der Waals surface area contributed by atoms with Crippen LogP contribution in [0.2, 0.25) is 0 Å². The van der Waals surface area contributed by atoms with Gasteiger partial charge in [-0.3, -0.25) is 4.98 Å². The number of aryl methyl sites for hydroxylation is 1. The number of aromatic nitrogens is 5. The molecular formula is C15H17N7O. The molecule has 8 nitrogen and oxygen atoms in total. The lowest BCUT2D eigenvalue weighted by atomic mass is 10.2. The van der Waals surface area contributed by atoms with Crippen LogP contribution in [0.4, 0.5) is 11.6 Å². The van der Waals surface area contributed by atoms with Crippen molar-refractivity contribution in [3.05, 3.63) is 29.6 Å². The largest absolute Gasteiger partial charge is 0.367 e. The maximum atomic E-state index is 4.69. The third-order valence-corrected chi connectivity index (χ3v) is 3.65. The number of nitrogens with zero attached hydrogens (tertiary/aromatic N) is 5. The van der Waals surface area contributed by atoms with Gasteiger partial charge in [0.15, 0.2) is 11.6 Å². The van der Waals surface area contributed by atoms with Crippen molar-refractivity contribution in [3.63, 3.8) is 0 Å². The molecule has 3 aromatic rings. The molecule has 0 saturated heterocycles. The normalized spacial score (nSPS) is 14.1. The smallest absolute Gasteiger partial charge is 0.245 e. The van der Waals surface area contributed by atoms with E-state index in [0.29, 0.717) is 35.5 Å². The molecule has 1 aliphatic carbocycles. The molecule has 0 spiro atoms. The van der Waals surface area contributed by atoms with E-state index >= 15 is 0 Å². The van der Waals surface area contributed by atoms with Gasteiger partial charge in [0.2, 0.25) is 11.3 Å². The Morgan fingerprint density at radius 3 is 2.61 bits per heavy atom. The Morgan fingerprint density at radius 1 is 1.09 bits per heavy atom. The first kappa shape index (κ1) is 13.9. The fraction of sp³-hybridized carbons (Fsp3) is 0.400. The van der Waals surface area contributed by atoms with Crippen LogP contribution in [0.5, 0.6) is 0 Å². The minimum absolute atomic E-state index is 0.405. The Kier molecular flexibility index (Phi) is 3.49. The molecule has 1 saturated carbocycles. The van der Waals surface area contributed by atoms with E-state index in [9.17, 15) is 0 Å². The van der Waals surface area contributed by atoms with Crippen LogP contribution < -0.4 is 10.6 Å². The minimum atomic E-state index is 0.405. The Morgan fingerprint density at radius 2 is 1.87 bits per heavy atom. The summed E-state index contributed by atoms with van der Waals surface area (Å²) in [6, 6.07) is 6.51. The van der Waals surface area contributed by atoms with Crippen molar-refractivity contribution < 1.29 is 4.63 Å². The molecule has 1 fully saturated rings. The van der Waals surface area contributed by atoms with E-state index in [1.54, 1.807) is 0 Å². The summed E-state index contributed by atoms with van der Waals surface area (Å²) in [6.07, 6.45) is 3.12. The lowest BCUT2D eigenvalue weighted by Crippen LogP contribution is -2.13. The molecule has 1 aliphatic rings. The van der Waals surface area contributed by atoms with Gasteiger partial charge in [0, 0.05) is 30.4 Å². The van der Waals surface area contributed by atoms with Crippen LogP contribution in [0.1, 0.15) is 24.2 Å². The van der Waals surface area contributed by atoms with Crippen molar-refractivity contribution >= 4 is 22.9 Å². The molecule has 0 radical (unpaired) electrons. The van der Waals surface area contributed by atoms with Gasteiger partial charge in [-0.15, -0.1) is 0 Å². The highest BCUT2D eigenvalue weighted by atomic mass is 16.6. The Hall–Kier alpha value is -2.77. The molecule has 8 heteroatoms. The zero-order valence-corrected chi connectivity index (χ0v) is 12.8. The number of hydrogen-bond donors (Lipinski definition) is 2. The van der Waals surface area contributed by atoms with Gasteiger partial charge in [-0.1, -0.05) is 6.07 Å². The second-order valence-electron chi connectivity index (χ2n) is 5.70. The van der Waals surface area contributed by atoms with Crippen molar-refractivity contribution in [1.29, 1.82) is 0 Å². The highest BCUT2D eigenvalue weighted by Crippen LogP contribution is 2.28.